The second-order valence-electron chi connectivity index (χ2n) is 9.68. The Hall–Kier alpha value is -5.27. The Morgan fingerprint density at radius 3 is 2.55 bits per heavy atom. The van der Waals surface area contributed by atoms with Crippen LogP contribution in [0.1, 0.15) is 45.8 Å². The van der Waals surface area contributed by atoms with Gasteiger partial charge < -0.3 is 11.1 Å². The van der Waals surface area contributed by atoms with Crippen molar-refractivity contribution in [2.45, 2.75) is 19.9 Å². The molecule has 0 aliphatic heterocycles. The Labute approximate surface area is 249 Å². The monoisotopic (exact) mass is 617 g/mol. The van der Waals surface area contributed by atoms with Gasteiger partial charge in [-0.05, 0) is 66.2 Å². The number of aromatic nitrogens is 5. The Morgan fingerprint density at radius 2 is 1.79 bits per heavy atom. The van der Waals surface area contributed by atoms with E-state index in [4.69, 9.17) is 5.73 Å². The average Bonchev–Trinajstić information content (AvgIpc) is 3.33. The largest absolute Gasteiger partial charge is 0.381 e. The lowest BCUT2D eigenvalue weighted by Crippen LogP contribution is -2.33. The second kappa shape index (κ2) is 11.0. The molecule has 0 fully saturated rings. The lowest BCUT2D eigenvalue weighted by atomic mass is 10.0. The molecule has 6 aromatic rings. The molecule has 9 nitrogen and oxygen atoms in total. The van der Waals surface area contributed by atoms with Crippen LogP contribution in [-0.4, -0.2) is 30.1 Å². The third-order valence-corrected chi connectivity index (χ3v) is 7.69. The molecular weight excluding hydrogens is 594 g/mol. The lowest BCUT2D eigenvalue weighted by molar-refractivity contribution is 0.0941. The van der Waals surface area contributed by atoms with E-state index >= 15 is 0 Å². The molecule has 1 amide bonds. The van der Waals surface area contributed by atoms with Crippen LogP contribution in [0.15, 0.2) is 94.6 Å². The quantitative estimate of drug-likeness (QED) is 0.269. The second-order valence-corrected chi connectivity index (χ2v) is 10.5. The molecule has 4 heterocycles. The van der Waals surface area contributed by atoms with E-state index in [0.29, 0.717) is 37.8 Å². The first kappa shape index (κ1) is 26.9. The number of nitrogens with zero attached hydrogens (tertiary/aromatic N) is 5. The number of nitrogen functional groups attached to an aromatic ring is 1. The molecule has 0 aliphatic rings. The van der Waals surface area contributed by atoms with Gasteiger partial charge in [-0.15, -0.1) is 5.10 Å². The number of fused-ring (bicyclic) bond motifs is 2. The highest BCUT2D eigenvalue weighted by atomic mass is 79.9. The Morgan fingerprint density at radius 1 is 1.02 bits per heavy atom. The highest BCUT2D eigenvalue weighted by molar-refractivity contribution is 9.10. The fourth-order valence-electron chi connectivity index (χ4n) is 4.91. The minimum absolute atomic E-state index is 0.0632. The maximum Gasteiger partial charge on any atom is 0.264 e. The smallest absolute Gasteiger partial charge is 0.264 e. The van der Waals surface area contributed by atoms with Crippen molar-refractivity contribution in [3.8, 4) is 17.5 Å². The summed E-state index contributed by atoms with van der Waals surface area (Å²) >= 11 is 3.78. The highest BCUT2D eigenvalue weighted by Gasteiger charge is 2.26. The molecule has 0 bridgehead atoms. The molecule has 0 radical (unpaired) electrons. The van der Waals surface area contributed by atoms with E-state index in [1.807, 2.05) is 74.5 Å². The number of hydrogen-bond donors (Lipinski definition) is 2. The molecule has 10 heteroatoms. The van der Waals surface area contributed by atoms with Gasteiger partial charge in [0.2, 0.25) is 0 Å². The van der Waals surface area contributed by atoms with Crippen LogP contribution in [0.5, 0.6) is 0 Å². The van der Waals surface area contributed by atoms with Crippen molar-refractivity contribution in [2.75, 3.05) is 5.73 Å². The van der Waals surface area contributed by atoms with Crippen molar-refractivity contribution >= 4 is 44.1 Å². The SMILES string of the molecule is Cc1ccn2nc(N)c(C(=O)N[C@H](C)c3c(Br)c4cccc(C#Cc5ccncc5)c4c(=O)n3-c3ccccc3)c2n1. The number of rotatable bonds is 4. The number of hydrogen-bond acceptors (Lipinski definition) is 6. The van der Waals surface area contributed by atoms with Crippen molar-refractivity contribution < 1.29 is 4.79 Å². The van der Waals surface area contributed by atoms with Crippen molar-refractivity contribution in [1.29, 1.82) is 0 Å². The Bertz CT molecular complexity index is 2110. The van der Waals surface area contributed by atoms with Crippen LogP contribution in [0.25, 0.3) is 22.1 Å². The maximum absolute atomic E-state index is 14.3. The van der Waals surface area contributed by atoms with Gasteiger partial charge in [0, 0.05) is 51.0 Å². The van der Waals surface area contributed by atoms with Gasteiger partial charge in [0.1, 0.15) is 5.56 Å². The first-order valence-electron chi connectivity index (χ1n) is 13.1. The Balaban J connectivity index is 1.52. The summed E-state index contributed by atoms with van der Waals surface area (Å²) in [6.45, 7) is 3.64. The van der Waals surface area contributed by atoms with Crippen LogP contribution in [-0.2, 0) is 0 Å². The number of pyridine rings is 2. The van der Waals surface area contributed by atoms with Gasteiger partial charge in [0.05, 0.1) is 17.1 Å². The number of para-hydroxylation sites is 1. The van der Waals surface area contributed by atoms with Crippen LogP contribution >= 0.6 is 15.9 Å². The fraction of sp³-hybridized carbons (Fsp3) is 0.0938. The van der Waals surface area contributed by atoms with E-state index in [-0.39, 0.29) is 16.9 Å². The summed E-state index contributed by atoms with van der Waals surface area (Å²) in [5.74, 6) is 5.90. The van der Waals surface area contributed by atoms with E-state index in [9.17, 15) is 9.59 Å². The minimum atomic E-state index is -0.630. The van der Waals surface area contributed by atoms with Crippen molar-refractivity contribution in [3.63, 3.8) is 0 Å². The summed E-state index contributed by atoms with van der Waals surface area (Å²) in [6.07, 6.45) is 5.05. The number of carbonyl (C=O) groups is 1. The van der Waals surface area contributed by atoms with Crippen LogP contribution in [0.2, 0.25) is 0 Å². The predicted molar refractivity (Wildman–Crippen MR) is 165 cm³/mol. The maximum atomic E-state index is 14.3. The number of amides is 1. The number of halogens is 1. The predicted octanol–water partition coefficient (Wildman–Crippen LogP) is 4.97. The molecule has 1 atom stereocenters. The standard InChI is InChI=1S/C32H24BrN7O2/c1-19-15-18-39-30(36-19)26(29(34)38-39)31(41)37-20(2)28-27(33)24-10-6-7-22(12-11-21-13-16-35-17-14-21)25(24)32(42)40(28)23-8-4-3-5-9-23/h3-10,13-18,20H,1-2H3,(H2,34,38)(H,37,41)/t20-/m1/s1. The van der Waals surface area contributed by atoms with Gasteiger partial charge in [-0.1, -0.05) is 42.2 Å². The summed E-state index contributed by atoms with van der Waals surface area (Å²) < 4.78 is 3.74. The van der Waals surface area contributed by atoms with Gasteiger partial charge in [-0.25, -0.2) is 9.50 Å². The number of carbonyl (C=O) groups excluding carboxylic acids is 1. The van der Waals surface area contributed by atoms with E-state index < -0.39 is 11.9 Å². The van der Waals surface area contributed by atoms with Gasteiger partial charge in [0.15, 0.2) is 11.5 Å². The summed E-state index contributed by atoms with van der Waals surface area (Å²) in [7, 11) is 0. The van der Waals surface area contributed by atoms with Gasteiger partial charge in [0.25, 0.3) is 11.5 Å². The number of nitrogens with one attached hydrogen (secondary N) is 1. The average molecular weight is 618 g/mol. The number of nitrogens with two attached hydrogens (primary N) is 1. The van der Waals surface area contributed by atoms with Gasteiger partial charge >= 0.3 is 0 Å². The van der Waals surface area contributed by atoms with Crippen LogP contribution in [0.3, 0.4) is 0 Å². The van der Waals surface area contributed by atoms with Crippen LogP contribution in [0, 0.1) is 18.8 Å². The molecule has 0 saturated heterocycles. The van der Waals surface area contributed by atoms with Crippen LogP contribution < -0.4 is 16.6 Å². The molecule has 206 valence electrons. The molecule has 3 N–H and O–H groups in total. The molecular formula is C32H24BrN7O2. The summed E-state index contributed by atoms with van der Waals surface area (Å²) in [4.78, 5) is 36.4. The molecule has 2 aromatic carbocycles. The fourth-order valence-corrected chi connectivity index (χ4v) is 5.76. The lowest BCUT2D eigenvalue weighted by Gasteiger charge is -2.23. The van der Waals surface area contributed by atoms with Crippen molar-refractivity contribution in [3.05, 3.63) is 128 Å². The first-order valence-corrected chi connectivity index (χ1v) is 13.9. The molecule has 0 aliphatic carbocycles. The van der Waals surface area contributed by atoms with Gasteiger partial charge in [-0.2, -0.15) is 0 Å². The van der Waals surface area contributed by atoms with E-state index in [1.165, 1.54) is 4.52 Å². The zero-order valence-corrected chi connectivity index (χ0v) is 24.3. The van der Waals surface area contributed by atoms with E-state index in [0.717, 1.165) is 11.3 Å². The molecule has 0 unspecified atom stereocenters. The van der Waals surface area contributed by atoms with Gasteiger partial charge in [-0.3, -0.25) is 19.1 Å². The molecule has 4 aromatic heterocycles. The van der Waals surface area contributed by atoms with Crippen molar-refractivity contribution in [1.82, 2.24) is 29.5 Å². The third-order valence-electron chi connectivity index (χ3n) is 6.86. The topological polar surface area (TPSA) is 120 Å². The van der Waals surface area contributed by atoms with Crippen molar-refractivity contribution in [2.24, 2.45) is 0 Å². The number of benzene rings is 2. The summed E-state index contributed by atoms with van der Waals surface area (Å²) in [6, 6.07) is 19.6. The summed E-state index contributed by atoms with van der Waals surface area (Å²) in [5, 5.41) is 8.39. The van der Waals surface area contributed by atoms with E-state index in [1.54, 1.807) is 29.2 Å². The van der Waals surface area contributed by atoms with Crippen LogP contribution in [0.4, 0.5) is 5.82 Å². The third kappa shape index (κ3) is 4.80. The van der Waals surface area contributed by atoms with E-state index in [2.05, 4.69) is 48.2 Å². The Kier molecular flexibility index (Phi) is 7.02. The molecule has 0 spiro atoms. The minimum Gasteiger partial charge on any atom is -0.381 e. The zero-order chi connectivity index (χ0) is 29.4. The molecule has 0 saturated carbocycles. The molecule has 42 heavy (non-hydrogen) atoms. The number of aryl methyl sites for hydroxylation is 1. The first-order chi connectivity index (χ1) is 20.3. The number of anilines is 1. The summed E-state index contributed by atoms with van der Waals surface area (Å²) in [5.41, 5.74) is 9.71. The highest BCUT2D eigenvalue weighted by Crippen LogP contribution is 2.33. The molecule has 6 rings (SSSR count). The normalized spacial score (nSPS) is 11.7. The zero-order valence-electron chi connectivity index (χ0n) is 22.7.